The number of rotatable bonds is 2. The molecule has 0 aliphatic carbocycles. The van der Waals surface area contributed by atoms with Crippen LogP contribution >= 0.6 is 23.1 Å². The minimum absolute atomic E-state index is 0.161. The van der Waals surface area contributed by atoms with Crippen molar-refractivity contribution in [2.75, 3.05) is 7.05 Å². The summed E-state index contributed by atoms with van der Waals surface area (Å²) >= 11 is 3.42. The first kappa shape index (κ1) is 12.6. The summed E-state index contributed by atoms with van der Waals surface area (Å²) in [5.41, 5.74) is 2.60. The zero-order valence-electron chi connectivity index (χ0n) is 10.9. The Hall–Kier alpha value is -1.46. The first-order valence-corrected chi connectivity index (χ1v) is 7.86. The number of benzene rings is 1. The van der Waals surface area contributed by atoms with Crippen molar-refractivity contribution < 1.29 is 0 Å². The Morgan fingerprint density at radius 3 is 2.63 bits per heavy atom. The van der Waals surface area contributed by atoms with E-state index in [1.165, 1.54) is 11.3 Å². The zero-order valence-corrected chi connectivity index (χ0v) is 12.5. The maximum Gasteiger partial charge on any atom is 0.187 e. The fraction of sp³-hybridized carbons (Fsp3) is 0.214. The molecular weight excluding hydrogens is 274 g/mol. The van der Waals surface area contributed by atoms with E-state index in [1.54, 1.807) is 23.1 Å². The van der Waals surface area contributed by atoms with Gasteiger partial charge in [0.2, 0.25) is 0 Å². The van der Waals surface area contributed by atoms with Crippen LogP contribution in [0.3, 0.4) is 0 Å². The standard InChI is InChI=1S/C14H15N3S2/c1-16-8-9-18-13(16)15-14-17(2)12(10-19-14)11-6-4-3-5-7-11/h3-10,13H,1-2H3/b15-14-. The molecule has 1 aromatic carbocycles. The van der Waals surface area contributed by atoms with Crippen molar-refractivity contribution >= 4 is 23.1 Å². The highest BCUT2D eigenvalue weighted by molar-refractivity contribution is 8.02. The van der Waals surface area contributed by atoms with Gasteiger partial charge in [0.15, 0.2) is 10.3 Å². The molecule has 1 aliphatic heterocycles. The predicted octanol–water partition coefficient (Wildman–Crippen LogP) is 3.09. The number of thioether (sulfide) groups is 1. The highest BCUT2D eigenvalue weighted by Crippen LogP contribution is 2.24. The first-order chi connectivity index (χ1) is 9.25. The van der Waals surface area contributed by atoms with E-state index in [2.05, 4.69) is 64.8 Å². The minimum Gasteiger partial charge on any atom is -0.350 e. The maximum absolute atomic E-state index is 4.79. The topological polar surface area (TPSA) is 20.5 Å². The van der Waals surface area contributed by atoms with Crippen molar-refractivity contribution in [1.29, 1.82) is 0 Å². The fourth-order valence-corrected chi connectivity index (χ4v) is 3.77. The van der Waals surface area contributed by atoms with E-state index < -0.39 is 0 Å². The van der Waals surface area contributed by atoms with Gasteiger partial charge in [-0.1, -0.05) is 42.1 Å². The van der Waals surface area contributed by atoms with Gasteiger partial charge in [0.1, 0.15) is 0 Å². The summed E-state index contributed by atoms with van der Waals surface area (Å²) in [6, 6.07) is 10.4. The lowest BCUT2D eigenvalue weighted by Crippen LogP contribution is -2.22. The van der Waals surface area contributed by atoms with E-state index in [0.717, 1.165) is 4.80 Å². The number of thiazole rings is 1. The number of aromatic nitrogens is 1. The molecule has 1 aromatic heterocycles. The van der Waals surface area contributed by atoms with E-state index >= 15 is 0 Å². The Morgan fingerprint density at radius 2 is 1.95 bits per heavy atom. The minimum atomic E-state index is 0.161. The van der Waals surface area contributed by atoms with Crippen molar-refractivity contribution in [3.8, 4) is 11.3 Å². The third-order valence-electron chi connectivity index (χ3n) is 3.06. The molecule has 98 valence electrons. The van der Waals surface area contributed by atoms with Crippen LogP contribution in [0.5, 0.6) is 0 Å². The Morgan fingerprint density at radius 1 is 1.16 bits per heavy atom. The lowest BCUT2D eigenvalue weighted by atomic mass is 10.2. The molecule has 0 radical (unpaired) electrons. The normalized spacial score (nSPS) is 19.4. The monoisotopic (exact) mass is 289 g/mol. The van der Waals surface area contributed by atoms with E-state index in [9.17, 15) is 0 Å². The number of hydrogen-bond acceptors (Lipinski definition) is 4. The van der Waals surface area contributed by atoms with Crippen LogP contribution in [0.15, 0.2) is 52.3 Å². The molecule has 1 atom stereocenters. The van der Waals surface area contributed by atoms with Gasteiger partial charge >= 0.3 is 0 Å². The van der Waals surface area contributed by atoms with E-state index in [0.29, 0.717) is 0 Å². The third-order valence-corrected chi connectivity index (χ3v) is 4.95. The molecule has 0 saturated heterocycles. The second-order valence-corrected chi connectivity index (χ2v) is 6.17. The average molecular weight is 289 g/mol. The quantitative estimate of drug-likeness (QED) is 0.847. The summed E-state index contributed by atoms with van der Waals surface area (Å²) in [5, 5.41) is 4.25. The summed E-state index contributed by atoms with van der Waals surface area (Å²) in [6.45, 7) is 0. The Balaban J connectivity index is 1.98. The molecule has 2 aromatic rings. The van der Waals surface area contributed by atoms with Crippen LogP contribution in [0.1, 0.15) is 0 Å². The molecule has 0 bridgehead atoms. The molecule has 1 aliphatic rings. The van der Waals surface area contributed by atoms with Gasteiger partial charge in [0.25, 0.3) is 0 Å². The highest BCUT2D eigenvalue weighted by Gasteiger charge is 2.15. The number of nitrogens with zero attached hydrogens (tertiary/aromatic N) is 3. The van der Waals surface area contributed by atoms with Gasteiger partial charge in [-0.25, -0.2) is 4.99 Å². The molecule has 0 N–H and O–H groups in total. The smallest absolute Gasteiger partial charge is 0.187 e. The lowest BCUT2D eigenvalue weighted by molar-refractivity contribution is 0.440. The molecule has 0 fully saturated rings. The highest BCUT2D eigenvalue weighted by atomic mass is 32.2. The molecule has 0 amide bonds. The van der Waals surface area contributed by atoms with Crippen LogP contribution in [0.25, 0.3) is 11.3 Å². The Labute approximate surface area is 120 Å². The maximum atomic E-state index is 4.79. The molecular formula is C14H15N3S2. The number of hydrogen-bond donors (Lipinski definition) is 0. The van der Waals surface area contributed by atoms with Crippen LogP contribution in [-0.2, 0) is 7.05 Å². The molecule has 0 spiro atoms. The second-order valence-electron chi connectivity index (χ2n) is 4.37. The molecule has 3 nitrogen and oxygen atoms in total. The van der Waals surface area contributed by atoms with Crippen LogP contribution in [0, 0.1) is 0 Å². The van der Waals surface area contributed by atoms with Crippen LogP contribution in [0.4, 0.5) is 0 Å². The largest absolute Gasteiger partial charge is 0.350 e. The summed E-state index contributed by atoms with van der Waals surface area (Å²) in [6.07, 6.45) is 2.06. The Bertz CT molecular complexity index is 655. The van der Waals surface area contributed by atoms with Crippen molar-refractivity contribution in [3.63, 3.8) is 0 Å². The fourth-order valence-electron chi connectivity index (χ4n) is 1.94. The van der Waals surface area contributed by atoms with E-state index in [4.69, 9.17) is 4.99 Å². The summed E-state index contributed by atoms with van der Waals surface area (Å²) in [4.78, 5) is 7.96. The van der Waals surface area contributed by atoms with Crippen molar-refractivity contribution in [1.82, 2.24) is 9.47 Å². The second kappa shape index (κ2) is 5.27. The molecule has 0 saturated carbocycles. The van der Waals surface area contributed by atoms with Crippen LogP contribution in [0.2, 0.25) is 0 Å². The first-order valence-electron chi connectivity index (χ1n) is 6.03. The van der Waals surface area contributed by atoms with Crippen LogP contribution < -0.4 is 4.80 Å². The molecule has 1 unspecified atom stereocenters. The average Bonchev–Trinajstić information content (AvgIpc) is 2.99. The molecule has 2 heterocycles. The predicted molar refractivity (Wildman–Crippen MR) is 82.6 cm³/mol. The van der Waals surface area contributed by atoms with Gasteiger partial charge in [0, 0.05) is 25.7 Å². The molecule has 3 rings (SSSR count). The summed E-state index contributed by atoms with van der Waals surface area (Å²) in [7, 11) is 4.13. The molecule has 19 heavy (non-hydrogen) atoms. The summed E-state index contributed by atoms with van der Waals surface area (Å²) in [5.74, 6) is 0. The van der Waals surface area contributed by atoms with Crippen molar-refractivity contribution in [2.45, 2.75) is 5.50 Å². The summed E-state index contributed by atoms with van der Waals surface area (Å²) < 4.78 is 2.16. The third kappa shape index (κ3) is 2.48. The van der Waals surface area contributed by atoms with Gasteiger partial charge < -0.3 is 9.47 Å². The van der Waals surface area contributed by atoms with Gasteiger partial charge in [-0.15, -0.1) is 11.3 Å². The van der Waals surface area contributed by atoms with Crippen molar-refractivity contribution in [3.05, 3.63) is 52.1 Å². The van der Waals surface area contributed by atoms with E-state index in [-0.39, 0.29) is 5.50 Å². The van der Waals surface area contributed by atoms with E-state index in [1.807, 2.05) is 6.07 Å². The van der Waals surface area contributed by atoms with Gasteiger partial charge in [-0.2, -0.15) is 0 Å². The van der Waals surface area contributed by atoms with Crippen LogP contribution in [-0.4, -0.2) is 22.0 Å². The molecule has 5 heteroatoms. The van der Waals surface area contributed by atoms with Gasteiger partial charge in [0.05, 0.1) is 5.69 Å². The zero-order chi connectivity index (χ0) is 13.2. The lowest BCUT2D eigenvalue weighted by Gasteiger charge is -2.14. The van der Waals surface area contributed by atoms with Crippen molar-refractivity contribution in [2.24, 2.45) is 12.0 Å². The van der Waals surface area contributed by atoms with Gasteiger partial charge in [-0.3, -0.25) is 0 Å². The van der Waals surface area contributed by atoms with Gasteiger partial charge in [-0.05, 0) is 11.0 Å². The SMILES string of the molecule is CN1C=CSC1/N=c1\scc(-c2ccccc2)n1C. The Kier molecular flexibility index (Phi) is 3.48.